The number of carbonyl (C=O) groups is 4. The van der Waals surface area contributed by atoms with Crippen LogP contribution in [0.5, 0.6) is 0 Å². The lowest BCUT2D eigenvalue weighted by Gasteiger charge is -2.21. The van der Waals surface area contributed by atoms with Gasteiger partial charge in [0.2, 0.25) is 0 Å². The molecule has 522 valence electrons. The van der Waals surface area contributed by atoms with Crippen LogP contribution in [0.4, 0.5) is 0 Å². The summed E-state index contributed by atoms with van der Waals surface area (Å²) in [4.78, 5) is 72.4. The average molecular weight is 1300 g/mol. The van der Waals surface area contributed by atoms with E-state index in [4.69, 9.17) is 37.0 Å². The highest BCUT2D eigenvalue weighted by Gasteiger charge is 2.30. The van der Waals surface area contributed by atoms with Gasteiger partial charge in [0.15, 0.2) is 12.2 Å². The molecule has 0 aliphatic rings. The maximum Gasteiger partial charge on any atom is 0.472 e. The van der Waals surface area contributed by atoms with Crippen LogP contribution in [-0.4, -0.2) is 96.7 Å². The number of aliphatic hydroxyl groups excluding tert-OH is 1. The first kappa shape index (κ1) is 86.1. The Morgan fingerprint density at radius 2 is 0.545 bits per heavy atom. The second-order valence-electron chi connectivity index (χ2n) is 26.6. The molecule has 3 N–H and O–H groups in total. The second kappa shape index (κ2) is 58.8. The highest BCUT2D eigenvalue weighted by Crippen LogP contribution is 2.45. The predicted octanol–water partition coefficient (Wildman–Crippen LogP) is 19.3. The Balaban J connectivity index is 5.21. The first-order valence-electron chi connectivity index (χ1n) is 35.7. The highest BCUT2D eigenvalue weighted by atomic mass is 31.2. The van der Waals surface area contributed by atoms with Gasteiger partial charge in [-0.15, -0.1) is 0 Å². The topological polar surface area (TPSA) is 237 Å². The Morgan fingerprint density at radius 3 is 0.807 bits per heavy atom. The Bertz CT molecular complexity index is 1750. The first-order valence-corrected chi connectivity index (χ1v) is 38.7. The van der Waals surface area contributed by atoms with Crippen LogP contribution in [0, 0.1) is 23.7 Å². The molecule has 0 saturated heterocycles. The highest BCUT2D eigenvalue weighted by molar-refractivity contribution is 7.47. The fourth-order valence-corrected chi connectivity index (χ4v) is 11.9. The predicted molar refractivity (Wildman–Crippen MR) is 354 cm³/mol. The van der Waals surface area contributed by atoms with Crippen molar-refractivity contribution >= 4 is 39.5 Å². The fraction of sp³-hybridized carbons (Fsp3) is 0.942. The van der Waals surface area contributed by atoms with Gasteiger partial charge in [0, 0.05) is 25.7 Å². The minimum absolute atomic E-state index is 0.102. The minimum Gasteiger partial charge on any atom is -0.462 e. The van der Waals surface area contributed by atoms with Crippen molar-refractivity contribution in [3.8, 4) is 0 Å². The Hall–Kier alpha value is -1.94. The fourth-order valence-electron chi connectivity index (χ4n) is 10.3. The van der Waals surface area contributed by atoms with Crippen molar-refractivity contribution in [3.05, 3.63) is 0 Å². The van der Waals surface area contributed by atoms with Crippen molar-refractivity contribution in [3.63, 3.8) is 0 Å². The molecule has 0 aromatic heterocycles. The Labute approximate surface area is 537 Å². The summed E-state index contributed by atoms with van der Waals surface area (Å²) in [5.74, 6) is 0.807. The van der Waals surface area contributed by atoms with Crippen LogP contribution in [0.15, 0.2) is 0 Å². The van der Waals surface area contributed by atoms with E-state index in [1.54, 1.807) is 0 Å². The maximum atomic E-state index is 13.0. The van der Waals surface area contributed by atoms with E-state index in [0.717, 1.165) is 114 Å². The molecule has 0 heterocycles. The van der Waals surface area contributed by atoms with Crippen LogP contribution in [0.3, 0.4) is 0 Å². The van der Waals surface area contributed by atoms with E-state index in [-0.39, 0.29) is 25.7 Å². The van der Waals surface area contributed by atoms with Gasteiger partial charge in [0.25, 0.3) is 0 Å². The van der Waals surface area contributed by atoms with E-state index in [0.29, 0.717) is 31.6 Å². The number of phosphoric acid groups is 2. The zero-order chi connectivity index (χ0) is 65.4. The van der Waals surface area contributed by atoms with E-state index in [1.165, 1.54) is 135 Å². The number of unbranched alkanes of at least 4 members (excludes halogenated alkanes) is 31. The van der Waals surface area contributed by atoms with Crippen molar-refractivity contribution in [1.82, 2.24) is 0 Å². The number of phosphoric ester groups is 2. The summed E-state index contributed by atoms with van der Waals surface area (Å²) in [5, 5.41) is 10.6. The molecular weight excluding hydrogens is 1160 g/mol. The molecule has 0 spiro atoms. The van der Waals surface area contributed by atoms with E-state index in [2.05, 4.69) is 55.4 Å². The third kappa shape index (κ3) is 61.6. The summed E-state index contributed by atoms with van der Waals surface area (Å²) in [6.45, 7) is 14.0. The van der Waals surface area contributed by atoms with E-state index < -0.39 is 97.5 Å². The molecule has 0 aromatic carbocycles. The molecule has 0 aromatic rings. The molecular formula is C69H134O17P2. The van der Waals surface area contributed by atoms with Crippen molar-refractivity contribution in [2.45, 2.75) is 356 Å². The van der Waals surface area contributed by atoms with E-state index >= 15 is 0 Å². The summed E-state index contributed by atoms with van der Waals surface area (Å²) in [6.07, 6.45) is 40.5. The monoisotopic (exact) mass is 1300 g/mol. The van der Waals surface area contributed by atoms with E-state index in [9.17, 15) is 43.2 Å². The summed E-state index contributed by atoms with van der Waals surface area (Å²) < 4.78 is 68.2. The first-order chi connectivity index (χ1) is 42.1. The molecule has 0 radical (unpaired) electrons. The summed E-state index contributed by atoms with van der Waals surface area (Å²) in [6, 6.07) is 0. The number of aliphatic hydroxyl groups is 1. The quantitative estimate of drug-likeness (QED) is 0.0222. The zero-order valence-corrected chi connectivity index (χ0v) is 59.1. The van der Waals surface area contributed by atoms with Crippen molar-refractivity contribution in [1.29, 1.82) is 0 Å². The minimum atomic E-state index is -4.95. The molecule has 6 atom stereocenters. The molecule has 0 aliphatic heterocycles. The number of hydrogen-bond acceptors (Lipinski definition) is 15. The molecule has 19 heteroatoms. The average Bonchev–Trinajstić information content (AvgIpc) is 3.54. The van der Waals surface area contributed by atoms with Crippen LogP contribution in [0.25, 0.3) is 0 Å². The molecule has 88 heavy (non-hydrogen) atoms. The van der Waals surface area contributed by atoms with Crippen molar-refractivity contribution in [2.75, 3.05) is 39.6 Å². The molecule has 0 fully saturated rings. The largest absolute Gasteiger partial charge is 0.472 e. The van der Waals surface area contributed by atoms with Crippen LogP contribution in [-0.2, 0) is 65.4 Å². The van der Waals surface area contributed by atoms with Gasteiger partial charge >= 0.3 is 39.5 Å². The normalized spacial score (nSPS) is 14.6. The number of esters is 4. The maximum absolute atomic E-state index is 13.0. The van der Waals surface area contributed by atoms with Gasteiger partial charge in [0.1, 0.15) is 19.3 Å². The third-order valence-corrected chi connectivity index (χ3v) is 18.1. The van der Waals surface area contributed by atoms with Gasteiger partial charge in [-0.1, -0.05) is 287 Å². The van der Waals surface area contributed by atoms with Crippen LogP contribution < -0.4 is 0 Å². The lowest BCUT2D eigenvalue weighted by Crippen LogP contribution is -2.30. The Kier molecular flexibility index (Phi) is 57.6. The number of rotatable bonds is 66. The second-order valence-corrected chi connectivity index (χ2v) is 29.5. The molecule has 0 aliphatic carbocycles. The van der Waals surface area contributed by atoms with Crippen LogP contribution in [0.2, 0.25) is 0 Å². The van der Waals surface area contributed by atoms with E-state index in [1.807, 2.05) is 0 Å². The smallest absolute Gasteiger partial charge is 0.462 e. The van der Waals surface area contributed by atoms with Gasteiger partial charge in [-0.2, -0.15) is 0 Å². The Morgan fingerprint density at radius 1 is 0.318 bits per heavy atom. The summed E-state index contributed by atoms with van der Waals surface area (Å²) >= 11 is 0. The summed E-state index contributed by atoms with van der Waals surface area (Å²) in [5.41, 5.74) is 0. The molecule has 0 saturated carbocycles. The van der Waals surface area contributed by atoms with Gasteiger partial charge in [-0.3, -0.25) is 37.3 Å². The summed E-state index contributed by atoms with van der Waals surface area (Å²) in [7, 11) is -9.90. The van der Waals surface area contributed by atoms with Gasteiger partial charge in [0.05, 0.1) is 26.4 Å². The molecule has 0 rings (SSSR count). The SMILES string of the molecule is CCC(C)CCCCCCCCC(=O)O[C@H](COC(=O)CCCCCCCCCC(C)C)COP(=O)(O)OCC(O)COP(=O)(O)OC[C@@H](COC(=O)CCCCCCCCCCCCCCCCC(C)C)OC(=O)CCCCCCCCCCC(C)C. The molecule has 0 amide bonds. The number of hydrogen-bond donors (Lipinski definition) is 3. The lowest BCUT2D eigenvalue weighted by molar-refractivity contribution is -0.161. The zero-order valence-electron chi connectivity index (χ0n) is 57.3. The lowest BCUT2D eigenvalue weighted by atomic mass is 10.00. The molecule has 17 nitrogen and oxygen atoms in total. The molecule has 4 unspecified atom stereocenters. The van der Waals surface area contributed by atoms with Crippen LogP contribution >= 0.6 is 15.6 Å². The third-order valence-electron chi connectivity index (χ3n) is 16.2. The number of ether oxygens (including phenoxy) is 4. The van der Waals surface area contributed by atoms with Crippen molar-refractivity contribution in [2.24, 2.45) is 23.7 Å². The standard InChI is InChI=1S/C69H134O17P2/c1-9-62(8)48-40-32-27-28-36-44-52-69(74)86-65(56-80-67(72)50-42-34-26-20-23-31-39-47-61(6)7)58-84-88(77,78)82-54-63(70)53-81-87(75,76)83-57-64(85-68(73)51-43-35-25-19-18-22-30-38-46-60(4)5)55-79-66(71)49-41-33-24-17-15-13-11-10-12-14-16-21-29-37-45-59(2)3/h59-65,70H,9-58H2,1-8H3,(H,75,76)(H,77,78)/t62?,63?,64-,65-/m1/s1. The van der Waals surface area contributed by atoms with Gasteiger partial charge in [-0.25, -0.2) is 9.13 Å². The molecule has 0 bridgehead atoms. The van der Waals surface area contributed by atoms with Gasteiger partial charge in [-0.05, 0) is 49.4 Å². The van der Waals surface area contributed by atoms with Gasteiger partial charge < -0.3 is 33.8 Å². The van der Waals surface area contributed by atoms with Crippen LogP contribution in [0.1, 0.15) is 338 Å². The van der Waals surface area contributed by atoms with Crippen molar-refractivity contribution < 1.29 is 80.2 Å². The number of carbonyl (C=O) groups excluding carboxylic acids is 4.